The predicted molar refractivity (Wildman–Crippen MR) is 29.1 cm³/mol. The second kappa shape index (κ2) is 1.84. The van der Waals surface area contributed by atoms with Crippen LogP contribution in [0, 0.1) is 5.53 Å². The van der Waals surface area contributed by atoms with E-state index < -0.39 is 0 Å². The van der Waals surface area contributed by atoms with Crippen molar-refractivity contribution in [2.75, 3.05) is 0 Å². The third kappa shape index (κ3) is 0.838. The molecule has 0 saturated carbocycles. The van der Waals surface area contributed by atoms with E-state index in [2.05, 4.69) is 5.11 Å². The van der Waals surface area contributed by atoms with Crippen molar-refractivity contribution in [2.45, 2.75) is 0 Å². The minimum Gasteiger partial charge on any atom is -0.204 e. The van der Waals surface area contributed by atoms with Gasteiger partial charge in [0.2, 0.25) is 0 Å². The number of nitrogens with zero attached hydrogens (tertiary/aromatic N) is 1. The van der Waals surface area contributed by atoms with Gasteiger partial charge >= 0.3 is 0 Å². The normalized spacial score (nSPS) is 8.57. The van der Waals surface area contributed by atoms with Crippen molar-refractivity contribution in [3.8, 4) is 0 Å². The Bertz CT molecular complexity index is 145. The summed E-state index contributed by atoms with van der Waals surface area (Å²) in [7, 11) is 0. The van der Waals surface area contributed by atoms with E-state index in [4.69, 9.17) is 5.53 Å². The van der Waals surface area contributed by atoms with Gasteiger partial charge in [-0.2, -0.15) is 0 Å². The lowest BCUT2D eigenvalue weighted by atomic mass is 10.6. The van der Waals surface area contributed by atoms with Gasteiger partial charge in [0.1, 0.15) is 5.00 Å². The lowest BCUT2D eigenvalue weighted by Crippen LogP contribution is -1.35. The summed E-state index contributed by atoms with van der Waals surface area (Å²) >= 11 is 1.47. The highest BCUT2D eigenvalue weighted by Crippen LogP contribution is 2.17. The Hall–Kier alpha value is -0.700. The summed E-state index contributed by atoms with van der Waals surface area (Å²) in [4.78, 5) is 0. The molecule has 0 atom stereocenters. The number of hydrogen-bond acceptors (Lipinski definition) is 3. The minimum absolute atomic E-state index is 0.764. The molecule has 0 radical (unpaired) electrons. The zero-order chi connectivity index (χ0) is 5.11. The molecule has 0 bridgehead atoms. The van der Waals surface area contributed by atoms with E-state index in [0.29, 0.717) is 0 Å². The molecule has 0 spiro atoms. The van der Waals surface area contributed by atoms with Crippen LogP contribution in [0.25, 0.3) is 0 Å². The Morgan fingerprint density at radius 2 is 2.57 bits per heavy atom. The molecule has 0 amide bonds. The molecule has 0 aliphatic carbocycles. The van der Waals surface area contributed by atoms with Crippen molar-refractivity contribution < 1.29 is 0 Å². The molecule has 0 aromatic carbocycles. The lowest BCUT2D eigenvalue weighted by Gasteiger charge is -1.69. The van der Waals surface area contributed by atoms with E-state index in [9.17, 15) is 0 Å². The van der Waals surface area contributed by atoms with Gasteiger partial charge < -0.3 is 0 Å². The molecule has 1 N–H and O–H groups in total. The Morgan fingerprint density at radius 1 is 1.71 bits per heavy atom. The van der Waals surface area contributed by atoms with E-state index >= 15 is 0 Å². The van der Waals surface area contributed by atoms with Crippen LogP contribution in [-0.2, 0) is 0 Å². The fraction of sp³-hybridized carbons (Fsp3) is 0. The van der Waals surface area contributed by atoms with Crippen molar-refractivity contribution in [3.05, 3.63) is 17.5 Å². The van der Waals surface area contributed by atoms with Crippen molar-refractivity contribution in [2.24, 2.45) is 5.11 Å². The zero-order valence-corrected chi connectivity index (χ0v) is 4.40. The van der Waals surface area contributed by atoms with E-state index in [-0.39, 0.29) is 0 Å². The number of hydrogen-bond donors (Lipinski definition) is 1. The summed E-state index contributed by atoms with van der Waals surface area (Å²) in [5.41, 5.74) is 6.50. The molecule has 1 aromatic rings. The van der Waals surface area contributed by atoms with Crippen LogP contribution in [0.5, 0.6) is 0 Å². The smallest absolute Gasteiger partial charge is 0.138 e. The molecule has 0 aliphatic rings. The van der Waals surface area contributed by atoms with E-state index in [1.165, 1.54) is 11.3 Å². The first-order chi connectivity index (χ1) is 3.43. The molecule has 1 aromatic heterocycles. The summed E-state index contributed by atoms with van der Waals surface area (Å²) in [5.74, 6) is 0. The van der Waals surface area contributed by atoms with Gasteiger partial charge in [-0.3, -0.25) is 0 Å². The third-order valence-corrected chi connectivity index (χ3v) is 1.38. The molecule has 0 aliphatic heterocycles. The SMILES string of the molecule is N=Nc1cccs1. The monoisotopic (exact) mass is 112 g/mol. The fourth-order valence-electron chi connectivity index (χ4n) is 0.334. The number of thiophene rings is 1. The number of rotatable bonds is 1. The highest BCUT2D eigenvalue weighted by molar-refractivity contribution is 7.13. The molecule has 7 heavy (non-hydrogen) atoms. The Morgan fingerprint density at radius 3 is 2.86 bits per heavy atom. The summed E-state index contributed by atoms with van der Waals surface area (Å²) in [5, 5.41) is 5.86. The standard InChI is InChI=1S/C4H4N2S/c5-6-4-2-1-3-7-4/h1-3,5H. The maximum atomic E-state index is 6.50. The highest BCUT2D eigenvalue weighted by Gasteiger charge is 1.81. The van der Waals surface area contributed by atoms with Crippen LogP contribution >= 0.6 is 11.3 Å². The summed E-state index contributed by atoms with van der Waals surface area (Å²) < 4.78 is 0. The van der Waals surface area contributed by atoms with Crippen LogP contribution < -0.4 is 0 Å². The molecule has 2 nitrogen and oxygen atoms in total. The predicted octanol–water partition coefficient (Wildman–Crippen LogP) is 2.41. The van der Waals surface area contributed by atoms with E-state index in [1.807, 2.05) is 11.4 Å². The van der Waals surface area contributed by atoms with Gasteiger partial charge in [-0.15, -0.1) is 16.5 Å². The van der Waals surface area contributed by atoms with Crippen LogP contribution in [0.3, 0.4) is 0 Å². The van der Waals surface area contributed by atoms with Gasteiger partial charge in [0, 0.05) is 0 Å². The Kier molecular flexibility index (Phi) is 1.17. The van der Waals surface area contributed by atoms with Gasteiger partial charge in [-0.25, -0.2) is 5.53 Å². The second-order valence-electron chi connectivity index (χ2n) is 1.06. The molecule has 0 unspecified atom stereocenters. The first-order valence-electron chi connectivity index (χ1n) is 1.84. The largest absolute Gasteiger partial charge is 0.204 e. The van der Waals surface area contributed by atoms with Crippen LogP contribution in [0.1, 0.15) is 0 Å². The van der Waals surface area contributed by atoms with Gasteiger partial charge in [-0.1, -0.05) is 0 Å². The van der Waals surface area contributed by atoms with Gasteiger partial charge in [0.25, 0.3) is 0 Å². The van der Waals surface area contributed by atoms with Crippen molar-refractivity contribution >= 4 is 16.3 Å². The molecular formula is C4H4N2S. The molecule has 1 heterocycles. The quantitative estimate of drug-likeness (QED) is 0.541. The average Bonchev–Trinajstić information content (AvgIpc) is 2.14. The molecule has 3 heteroatoms. The fourth-order valence-corrected chi connectivity index (χ4v) is 0.840. The van der Waals surface area contributed by atoms with Crippen molar-refractivity contribution in [3.63, 3.8) is 0 Å². The Labute approximate surface area is 45.3 Å². The average molecular weight is 112 g/mol. The van der Waals surface area contributed by atoms with Crippen molar-refractivity contribution in [1.82, 2.24) is 0 Å². The zero-order valence-electron chi connectivity index (χ0n) is 3.59. The van der Waals surface area contributed by atoms with Gasteiger partial charge in [0.15, 0.2) is 0 Å². The van der Waals surface area contributed by atoms with Crippen LogP contribution in [0.2, 0.25) is 0 Å². The maximum absolute atomic E-state index is 6.50. The van der Waals surface area contributed by atoms with Crippen molar-refractivity contribution in [1.29, 1.82) is 5.53 Å². The molecule has 36 valence electrons. The number of nitrogens with one attached hydrogen (secondary N) is 1. The maximum Gasteiger partial charge on any atom is 0.138 e. The van der Waals surface area contributed by atoms with Crippen LogP contribution in [0.15, 0.2) is 22.6 Å². The van der Waals surface area contributed by atoms with E-state index in [0.717, 1.165) is 5.00 Å². The minimum atomic E-state index is 0.764. The first kappa shape index (κ1) is 4.46. The third-order valence-electron chi connectivity index (χ3n) is 0.616. The van der Waals surface area contributed by atoms with Crippen LogP contribution in [-0.4, -0.2) is 0 Å². The second-order valence-corrected chi connectivity index (χ2v) is 1.99. The molecule has 1 rings (SSSR count). The topological polar surface area (TPSA) is 36.2 Å². The van der Waals surface area contributed by atoms with Gasteiger partial charge in [-0.05, 0) is 17.5 Å². The van der Waals surface area contributed by atoms with E-state index in [1.54, 1.807) is 6.07 Å². The highest BCUT2D eigenvalue weighted by atomic mass is 32.1. The molecule has 0 saturated heterocycles. The summed E-state index contributed by atoms with van der Waals surface area (Å²) in [6.45, 7) is 0. The summed E-state index contributed by atoms with van der Waals surface area (Å²) in [6.07, 6.45) is 0. The molecule has 0 fully saturated rings. The molecular weight excluding hydrogens is 108 g/mol. The summed E-state index contributed by atoms with van der Waals surface area (Å²) in [6, 6.07) is 3.68. The first-order valence-corrected chi connectivity index (χ1v) is 2.72. The lowest BCUT2D eigenvalue weighted by molar-refractivity contribution is 1.17. The van der Waals surface area contributed by atoms with Crippen LogP contribution in [0.4, 0.5) is 5.00 Å². The van der Waals surface area contributed by atoms with Gasteiger partial charge in [0.05, 0.1) is 0 Å². The Balaban J connectivity index is 2.96.